The SMILES string of the molecule is COc1ccc(S(=O)(=O)NCCN2CCC(c3cccs3)CC2)cc1Cl. The van der Waals surface area contributed by atoms with Crippen LogP contribution in [0.5, 0.6) is 5.75 Å². The van der Waals surface area contributed by atoms with E-state index in [2.05, 4.69) is 27.1 Å². The third-order valence-electron chi connectivity index (χ3n) is 4.69. The van der Waals surface area contributed by atoms with Crippen molar-refractivity contribution in [3.05, 3.63) is 45.6 Å². The molecule has 1 aliphatic heterocycles. The minimum absolute atomic E-state index is 0.153. The number of sulfonamides is 1. The Hall–Kier alpha value is -1.12. The van der Waals surface area contributed by atoms with Crippen molar-refractivity contribution < 1.29 is 13.2 Å². The molecule has 0 amide bonds. The molecule has 8 heteroatoms. The first kappa shape index (κ1) is 19.6. The van der Waals surface area contributed by atoms with Crippen molar-refractivity contribution in [3.63, 3.8) is 0 Å². The highest BCUT2D eigenvalue weighted by molar-refractivity contribution is 7.89. The Bertz CT molecular complexity index is 817. The maximum absolute atomic E-state index is 12.4. The number of benzene rings is 1. The van der Waals surface area contributed by atoms with Crippen molar-refractivity contribution in [1.82, 2.24) is 9.62 Å². The number of methoxy groups -OCH3 is 1. The van der Waals surface area contributed by atoms with Crippen molar-refractivity contribution in [2.45, 2.75) is 23.7 Å². The number of ether oxygens (including phenoxy) is 1. The topological polar surface area (TPSA) is 58.6 Å². The summed E-state index contributed by atoms with van der Waals surface area (Å²) in [7, 11) is -2.07. The van der Waals surface area contributed by atoms with Gasteiger partial charge in [-0.15, -0.1) is 11.3 Å². The molecule has 0 bridgehead atoms. The summed E-state index contributed by atoms with van der Waals surface area (Å²) in [6.07, 6.45) is 2.25. The van der Waals surface area contributed by atoms with Crippen LogP contribution in [0.15, 0.2) is 40.6 Å². The summed E-state index contributed by atoms with van der Waals surface area (Å²) in [4.78, 5) is 3.93. The second-order valence-corrected chi connectivity index (χ2v) is 9.48. The van der Waals surface area contributed by atoms with Crippen LogP contribution in [0.3, 0.4) is 0 Å². The molecule has 3 rings (SSSR count). The van der Waals surface area contributed by atoms with Gasteiger partial charge in [-0.05, 0) is 61.5 Å². The van der Waals surface area contributed by atoms with Gasteiger partial charge >= 0.3 is 0 Å². The van der Waals surface area contributed by atoms with E-state index in [1.54, 1.807) is 6.07 Å². The monoisotopic (exact) mass is 414 g/mol. The van der Waals surface area contributed by atoms with Gasteiger partial charge in [0.1, 0.15) is 5.75 Å². The normalized spacial score (nSPS) is 16.7. The Morgan fingerprint density at radius 1 is 1.31 bits per heavy atom. The fraction of sp³-hybridized carbons (Fsp3) is 0.444. The van der Waals surface area contributed by atoms with Gasteiger partial charge in [0.25, 0.3) is 0 Å². The standard InChI is InChI=1S/C18H23ClN2O3S2/c1-24-17-5-4-15(13-16(17)19)26(22,23)20-8-11-21-9-6-14(7-10-21)18-3-2-12-25-18/h2-5,12-14,20H,6-11H2,1H3. The van der Waals surface area contributed by atoms with E-state index >= 15 is 0 Å². The first-order valence-corrected chi connectivity index (χ1v) is 11.3. The second-order valence-electron chi connectivity index (χ2n) is 6.33. The van der Waals surface area contributed by atoms with Crippen molar-refractivity contribution >= 4 is 33.0 Å². The van der Waals surface area contributed by atoms with E-state index in [1.165, 1.54) is 24.1 Å². The largest absolute Gasteiger partial charge is 0.495 e. The Kier molecular flexibility index (Phi) is 6.58. The maximum atomic E-state index is 12.4. The molecule has 2 heterocycles. The second kappa shape index (κ2) is 8.71. The number of halogens is 1. The van der Waals surface area contributed by atoms with Gasteiger partial charge < -0.3 is 9.64 Å². The van der Waals surface area contributed by atoms with Crippen LogP contribution in [0.4, 0.5) is 0 Å². The van der Waals surface area contributed by atoms with Gasteiger partial charge in [0.15, 0.2) is 0 Å². The van der Waals surface area contributed by atoms with Crippen LogP contribution in [0.1, 0.15) is 23.6 Å². The zero-order valence-corrected chi connectivity index (χ0v) is 17.0. The molecule has 2 aromatic rings. The van der Waals surface area contributed by atoms with Crippen molar-refractivity contribution in [1.29, 1.82) is 0 Å². The fourth-order valence-electron chi connectivity index (χ4n) is 3.20. The fourth-order valence-corrected chi connectivity index (χ4v) is 5.47. The molecule has 1 saturated heterocycles. The number of hydrogen-bond acceptors (Lipinski definition) is 5. The summed E-state index contributed by atoms with van der Waals surface area (Å²) in [5.74, 6) is 1.10. The van der Waals surface area contributed by atoms with E-state index < -0.39 is 10.0 Å². The number of piperidine rings is 1. The molecular weight excluding hydrogens is 392 g/mol. The smallest absolute Gasteiger partial charge is 0.240 e. The molecule has 1 aromatic carbocycles. The molecule has 1 aromatic heterocycles. The Morgan fingerprint density at radius 2 is 2.08 bits per heavy atom. The van der Waals surface area contributed by atoms with E-state index in [0.29, 0.717) is 24.8 Å². The summed E-state index contributed by atoms with van der Waals surface area (Å²) in [5.41, 5.74) is 0. The lowest BCUT2D eigenvalue weighted by Gasteiger charge is -2.31. The highest BCUT2D eigenvalue weighted by Gasteiger charge is 2.22. The molecule has 0 saturated carbocycles. The zero-order chi connectivity index (χ0) is 18.6. The Balaban J connectivity index is 1.48. The lowest BCUT2D eigenvalue weighted by atomic mass is 9.95. The average molecular weight is 415 g/mol. The molecule has 5 nitrogen and oxygen atoms in total. The van der Waals surface area contributed by atoms with E-state index in [9.17, 15) is 8.42 Å². The van der Waals surface area contributed by atoms with Gasteiger partial charge in [0.2, 0.25) is 10.0 Å². The molecule has 0 aliphatic carbocycles. The summed E-state index contributed by atoms with van der Waals surface area (Å²) in [6.45, 7) is 3.09. The molecule has 0 radical (unpaired) electrons. The maximum Gasteiger partial charge on any atom is 0.240 e. The van der Waals surface area contributed by atoms with E-state index in [4.69, 9.17) is 16.3 Å². The molecule has 1 N–H and O–H groups in total. The number of hydrogen-bond donors (Lipinski definition) is 1. The number of thiophene rings is 1. The van der Waals surface area contributed by atoms with Crippen LogP contribution in [-0.4, -0.2) is 46.6 Å². The summed E-state index contributed by atoms with van der Waals surface area (Å²) in [6, 6.07) is 8.78. The number of nitrogens with zero attached hydrogens (tertiary/aromatic N) is 1. The van der Waals surface area contributed by atoms with Gasteiger partial charge in [0.05, 0.1) is 17.0 Å². The third-order valence-corrected chi connectivity index (χ3v) is 7.48. The molecule has 0 atom stereocenters. The molecule has 1 fully saturated rings. The van der Waals surface area contributed by atoms with Crippen LogP contribution in [-0.2, 0) is 10.0 Å². The van der Waals surface area contributed by atoms with E-state index in [0.717, 1.165) is 25.9 Å². The third kappa shape index (κ3) is 4.78. The average Bonchev–Trinajstić information content (AvgIpc) is 3.17. The zero-order valence-electron chi connectivity index (χ0n) is 14.7. The Labute approximate surface area is 164 Å². The van der Waals surface area contributed by atoms with Crippen molar-refractivity contribution in [2.24, 2.45) is 0 Å². The van der Waals surface area contributed by atoms with Crippen LogP contribution in [0.25, 0.3) is 0 Å². The van der Waals surface area contributed by atoms with E-state index in [1.807, 2.05) is 11.3 Å². The van der Waals surface area contributed by atoms with Crippen LogP contribution < -0.4 is 9.46 Å². The quantitative estimate of drug-likeness (QED) is 0.752. The minimum atomic E-state index is -3.57. The van der Waals surface area contributed by atoms with Crippen molar-refractivity contribution in [3.8, 4) is 5.75 Å². The predicted octanol–water partition coefficient (Wildman–Crippen LogP) is 3.57. The van der Waals surface area contributed by atoms with Gasteiger partial charge in [-0.2, -0.15) is 0 Å². The summed E-state index contributed by atoms with van der Waals surface area (Å²) >= 11 is 7.85. The summed E-state index contributed by atoms with van der Waals surface area (Å²) in [5, 5.41) is 2.41. The first-order valence-electron chi connectivity index (χ1n) is 8.58. The number of rotatable bonds is 7. The molecule has 26 heavy (non-hydrogen) atoms. The predicted molar refractivity (Wildman–Crippen MR) is 106 cm³/mol. The minimum Gasteiger partial charge on any atom is -0.495 e. The lowest BCUT2D eigenvalue weighted by Crippen LogP contribution is -2.39. The number of nitrogens with one attached hydrogen (secondary N) is 1. The number of likely N-dealkylation sites (tertiary alicyclic amines) is 1. The molecule has 142 valence electrons. The van der Waals surface area contributed by atoms with Gasteiger partial charge in [-0.25, -0.2) is 13.1 Å². The van der Waals surface area contributed by atoms with Gasteiger partial charge in [-0.1, -0.05) is 17.7 Å². The highest BCUT2D eigenvalue weighted by Crippen LogP contribution is 2.31. The molecular formula is C18H23ClN2O3S2. The lowest BCUT2D eigenvalue weighted by molar-refractivity contribution is 0.217. The van der Waals surface area contributed by atoms with Crippen LogP contribution in [0.2, 0.25) is 5.02 Å². The molecule has 1 aliphatic rings. The van der Waals surface area contributed by atoms with Crippen molar-refractivity contribution in [2.75, 3.05) is 33.3 Å². The molecule has 0 unspecified atom stereocenters. The molecule has 0 spiro atoms. The van der Waals surface area contributed by atoms with Gasteiger partial charge in [-0.3, -0.25) is 0 Å². The first-order chi connectivity index (χ1) is 12.5. The van der Waals surface area contributed by atoms with Crippen LogP contribution in [0, 0.1) is 0 Å². The summed E-state index contributed by atoms with van der Waals surface area (Å²) < 4.78 is 32.5. The highest BCUT2D eigenvalue weighted by atomic mass is 35.5. The van der Waals surface area contributed by atoms with Gasteiger partial charge in [0, 0.05) is 18.0 Å². The van der Waals surface area contributed by atoms with Crippen LogP contribution >= 0.6 is 22.9 Å². The van der Waals surface area contributed by atoms with E-state index in [-0.39, 0.29) is 9.92 Å². The Morgan fingerprint density at radius 3 is 2.69 bits per heavy atom.